The van der Waals surface area contributed by atoms with Gasteiger partial charge in [0.2, 0.25) is 0 Å². The van der Waals surface area contributed by atoms with Crippen LogP contribution in [-0.4, -0.2) is 74.9 Å². The highest BCUT2D eigenvalue weighted by atomic mass is 32.1. The molecule has 2 aliphatic heterocycles. The minimum atomic E-state index is -0.947. The number of carboxylic acid groups (broad SMARTS) is 1. The number of morpholine rings is 1. The number of hydrogen-bond donors (Lipinski definition) is 2. The Hall–Kier alpha value is -3.27. The first-order valence-electron chi connectivity index (χ1n) is 11.4. The van der Waals surface area contributed by atoms with Crippen LogP contribution in [0.25, 0.3) is 5.69 Å². The molecule has 0 saturated carbocycles. The predicted octanol–water partition coefficient (Wildman–Crippen LogP) is 2.88. The van der Waals surface area contributed by atoms with Gasteiger partial charge in [0.25, 0.3) is 0 Å². The van der Waals surface area contributed by atoms with Crippen LogP contribution >= 0.6 is 12.2 Å². The van der Waals surface area contributed by atoms with Gasteiger partial charge in [-0.1, -0.05) is 12.1 Å². The summed E-state index contributed by atoms with van der Waals surface area (Å²) in [6.45, 7) is 4.99. The van der Waals surface area contributed by atoms with Crippen LogP contribution in [0.2, 0.25) is 0 Å². The van der Waals surface area contributed by atoms with Crippen LogP contribution in [0.5, 0.6) is 0 Å². The predicted molar refractivity (Wildman–Crippen MR) is 132 cm³/mol. The highest BCUT2D eigenvalue weighted by Crippen LogP contribution is 2.39. The minimum Gasteiger partial charge on any atom is -0.478 e. The van der Waals surface area contributed by atoms with Gasteiger partial charge in [-0.05, 0) is 54.7 Å². The van der Waals surface area contributed by atoms with E-state index in [2.05, 4.69) is 26.2 Å². The lowest BCUT2D eigenvalue weighted by Gasteiger charge is -2.32. The maximum atomic E-state index is 11.6. The Morgan fingerprint density at radius 3 is 2.74 bits per heavy atom. The molecule has 0 radical (unpaired) electrons. The van der Waals surface area contributed by atoms with Crippen LogP contribution in [0.1, 0.15) is 33.8 Å². The number of nitrogens with zero attached hydrogens (tertiary/aromatic N) is 4. The summed E-state index contributed by atoms with van der Waals surface area (Å²) < 4.78 is 7.54. The van der Waals surface area contributed by atoms with Gasteiger partial charge in [-0.2, -0.15) is 0 Å². The first-order chi connectivity index (χ1) is 16.6. The van der Waals surface area contributed by atoms with Crippen LogP contribution < -0.4 is 5.32 Å². The smallest absolute Gasteiger partial charge is 0.335 e. The zero-order chi connectivity index (χ0) is 23.5. The number of nitrogens with one attached hydrogen (secondary N) is 1. The van der Waals surface area contributed by atoms with E-state index in [1.54, 1.807) is 24.4 Å². The quantitative estimate of drug-likeness (QED) is 0.503. The number of benzene rings is 1. The average Bonchev–Trinajstić information content (AvgIpc) is 3.48. The van der Waals surface area contributed by atoms with Gasteiger partial charge in [-0.3, -0.25) is 9.88 Å². The molecule has 2 aliphatic rings. The van der Waals surface area contributed by atoms with Crippen molar-refractivity contribution in [3.8, 4) is 5.69 Å². The normalized spacial score (nSPS) is 20.9. The third-order valence-corrected chi connectivity index (χ3v) is 6.77. The number of rotatable bonds is 7. The minimum absolute atomic E-state index is 0.105. The van der Waals surface area contributed by atoms with Crippen LogP contribution in [0.4, 0.5) is 0 Å². The maximum Gasteiger partial charge on any atom is 0.335 e. The monoisotopic (exact) mass is 477 g/mol. The molecule has 9 heteroatoms. The van der Waals surface area contributed by atoms with Crippen molar-refractivity contribution in [2.75, 3.05) is 39.4 Å². The van der Waals surface area contributed by atoms with Crippen molar-refractivity contribution in [1.82, 2.24) is 24.7 Å². The molecule has 176 valence electrons. The van der Waals surface area contributed by atoms with Crippen molar-refractivity contribution in [2.24, 2.45) is 0 Å². The molecular weight excluding hydrogens is 450 g/mol. The summed E-state index contributed by atoms with van der Waals surface area (Å²) in [5.41, 5.74) is 2.98. The number of carbonyl (C=O) groups is 1. The number of aromatic nitrogens is 2. The van der Waals surface area contributed by atoms with Crippen LogP contribution in [0, 0.1) is 0 Å². The molecule has 4 heterocycles. The van der Waals surface area contributed by atoms with Crippen LogP contribution in [0.15, 0.2) is 67.0 Å². The Morgan fingerprint density at radius 2 is 1.97 bits per heavy atom. The molecule has 2 aromatic heterocycles. The second-order valence-corrected chi connectivity index (χ2v) is 8.82. The topological polar surface area (TPSA) is 82.9 Å². The van der Waals surface area contributed by atoms with Crippen molar-refractivity contribution in [2.45, 2.75) is 12.1 Å². The van der Waals surface area contributed by atoms with Crippen molar-refractivity contribution in [3.05, 3.63) is 83.9 Å². The van der Waals surface area contributed by atoms with Gasteiger partial charge in [0.1, 0.15) is 0 Å². The Bertz CT molecular complexity index is 1160. The number of thiocarbonyl (C=S) groups is 1. The summed E-state index contributed by atoms with van der Waals surface area (Å²) >= 11 is 5.81. The molecule has 2 saturated heterocycles. The van der Waals surface area contributed by atoms with E-state index >= 15 is 0 Å². The lowest BCUT2D eigenvalue weighted by molar-refractivity contribution is 0.0349. The fourth-order valence-electron chi connectivity index (χ4n) is 4.70. The van der Waals surface area contributed by atoms with Gasteiger partial charge in [0.05, 0.1) is 36.6 Å². The summed E-state index contributed by atoms with van der Waals surface area (Å²) in [7, 11) is 0. The summed E-state index contributed by atoms with van der Waals surface area (Å²) in [5.74, 6) is -0.947. The second-order valence-electron chi connectivity index (χ2n) is 8.43. The SMILES string of the molecule is O=C(O)c1cccc(-n2cccc2[C@H]2[C@H](c3ccccn3)NC(=S)N2CCN2CCOCC2)c1. The first kappa shape index (κ1) is 22.5. The van der Waals surface area contributed by atoms with E-state index in [1.807, 2.05) is 41.1 Å². The molecule has 1 aromatic carbocycles. The Balaban J connectivity index is 1.51. The lowest BCUT2D eigenvalue weighted by atomic mass is 10.0. The number of aromatic carboxylic acids is 1. The summed E-state index contributed by atoms with van der Waals surface area (Å²) in [5, 5.41) is 13.7. The largest absolute Gasteiger partial charge is 0.478 e. The molecule has 0 bridgehead atoms. The third-order valence-electron chi connectivity index (χ3n) is 6.41. The molecule has 0 aliphatic carbocycles. The van der Waals surface area contributed by atoms with Gasteiger partial charge in [0.15, 0.2) is 5.11 Å². The van der Waals surface area contributed by atoms with Gasteiger partial charge >= 0.3 is 5.97 Å². The van der Waals surface area contributed by atoms with Crippen LogP contribution in [-0.2, 0) is 4.74 Å². The van der Waals surface area contributed by atoms with E-state index < -0.39 is 5.97 Å². The highest BCUT2D eigenvalue weighted by molar-refractivity contribution is 7.80. The van der Waals surface area contributed by atoms with Crippen molar-refractivity contribution in [3.63, 3.8) is 0 Å². The summed E-state index contributed by atoms with van der Waals surface area (Å²) in [4.78, 5) is 20.8. The maximum absolute atomic E-state index is 11.6. The Morgan fingerprint density at radius 1 is 1.12 bits per heavy atom. The summed E-state index contributed by atoms with van der Waals surface area (Å²) in [6.07, 6.45) is 3.76. The number of hydrogen-bond acceptors (Lipinski definition) is 5. The molecule has 2 N–H and O–H groups in total. The van der Waals surface area contributed by atoms with Gasteiger partial charge in [0, 0.05) is 50.0 Å². The molecule has 2 fully saturated rings. The number of ether oxygens (including phenoxy) is 1. The van der Waals surface area contributed by atoms with E-state index in [-0.39, 0.29) is 17.6 Å². The fourth-order valence-corrected chi connectivity index (χ4v) is 5.03. The van der Waals surface area contributed by atoms with Gasteiger partial charge in [-0.15, -0.1) is 0 Å². The zero-order valence-electron chi connectivity index (χ0n) is 18.7. The second kappa shape index (κ2) is 9.92. The molecule has 2 atom stereocenters. The highest BCUT2D eigenvalue weighted by Gasteiger charge is 2.41. The summed E-state index contributed by atoms with van der Waals surface area (Å²) in [6, 6.07) is 16.7. The first-order valence-corrected chi connectivity index (χ1v) is 11.8. The third kappa shape index (κ3) is 4.54. The molecule has 0 amide bonds. The number of carboxylic acids is 1. The van der Waals surface area contributed by atoms with E-state index in [1.165, 1.54) is 0 Å². The van der Waals surface area contributed by atoms with E-state index in [0.717, 1.165) is 56.5 Å². The lowest BCUT2D eigenvalue weighted by Crippen LogP contribution is -2.42. The van der Waals surface area contributed by atoms with E-state index in [4.69, 9.17) is 17.0 Å². The van der Waals surface area contributed by atoms with E-state index in [0.29, 0.717) is 5.11 Å². The van der Waals surface area contributed by atoms with Crippen molar-refractivity contribution in [1.29, 1.82) is 0 Å². The molecule has 0 spiro atoms. The van der Waals surface area contributed by atoms with E-state index in [9.17, 15) is 9.90 Å². The average molecular weight is 478 g/mol. The molecule has 34 heavy (non-hydrogen) atoms. The molecular formula is C25H27N5O3S. The standard InChI is InChI=1S/C25H27N5O3S/c31-24(32)18-5-3-6-19(17-18)29-10-4-8-21(29)23-22(20-7-1-2-9-26-20)27-25(34)30(23)12-11-28-13-15-33-16-14-28/h1-10,17,22-23H,11-16H2,(H,27,34)(H,31,32)/t22-,23-/m0/s1. The van der Waals surface area contributed by atoms with Crippen molar-refractivity contribution >= 4 is 23.3 Å². The molecule has 5 rings (SSSR count). The molecule has 3 aromatic rings. The van der Waals surface area contributed by atoms with Crippen LogP contribution in [0.3, 0.4) is 0 Å². The Labute approximate surface area is 203 Å². The number of pyridine rings is 1. The van der Waals surface area contributed by atoms with Gasteiger partial charge < -0.3 is 24.6 Å². The molecule has 8 nitrogen and oxygen atoms in total. The van der Waals surface area contributed by atoms with Gasteiger partial charge in [-0.25, -0.2) is 4.79 Å². The van der Waals surface area contributed by atoms with Crippen molar-refractivity contribution < 1.29 is 14.6 Å². The molecule has 0 unspecified atom stereocenters. The Kier molecular flexibility index (Phi) is 6.57. The zero-order valence-corrected chi connectivity index (χ0v) is 19.5. The fraction of sp³-hybridized carbons (Fsp3) is 0.320.